The third-order valence-corrected chi connectivity index (χ3v) is 5.49. The normalized spacial score (nSPS) is 8.80. The molecule has 20 heavy (non-hydrogen) atoms. The minimum atomic E-state index is 0.567. The van der Waals surface area contributed by atoms with Gasteiger partial charge in [0.2, 0.25) is 0 Å². The van der Waals surface area contributed by atoms with Crippen molar-refractivity contribution in [2.75, 3.05) is 0 Å². The van der Waals surface area contributed by atoms with Crippen LogP contribution in [0.3, 0.4) is 0 Å². The fourth-order valence-electron chi connectivity index (χ4n) is 4.51. The van der Waals surface area contributed by atoms with Crippen LogP contribution in [0, 0.1) is 0 Å². The molecule has 20 heteroatoms. The summed E-state index contributed by atoms with van der Waals surface area (Å²) in [5.74, 6) is 0. The summed E-state index contributed by atoms with van der Waals surface area (Å²) in [7, 11) is 22.6. The van der Waals surface area contributed by atoms with Crippen molar-refractivity contribution in [1.82, 2.24) is 0 Å². The van der Waals surface area contributed by atoms with Crippen molar-refractivity contribution < 1.29 is 0 Å². The average Bonchev–Trinajstić information content (AvgIpc) is 2.31. The Kier molecular flexibility index (Phi) is 11.0. The van der Waals surface area contributed by atoms with E-state index in [0.717, 1.165) is 12.8 Å². The molecule has 82 valence electrons. The molecule has 0 saturated heterocycles. The van der Waals surface area contributed by atoms with Crippen LogP contribution in [0.25, 0.3) is 0 Å². The number of hydrogen-bond acceptors (Lipinski definition) is 1. The predicted octanol–water partition coefficient (Wildman–Crippen LogP) is -11.7. The van der Waals surface area contributed by atoms with E-state index < -0.39 is 0 Å². The molecule has 0 aliphatic heterocycles. The van der Waals surface area contributed by atoms with Crippen molar-refractivity contribution in [3.8, 4) is 0 Å². The van der Waals surface area contributed by atoms with Gasteiger partial charge >= 0.3 is 146 Å². The van der Waals surface area contributed by atoms with Crippen LogP contribution < -0.4 is 0 Å². The van der Waals surface area contributed by atoms with Gasteiger partial charge in [0, 0.05) is 0 Å². The summed E-state index contributed by atoms with van der Waals surface area (Å²) < 4.78 is 0. The third-order valence-electron chi connectivity index (χ3n) is 5.18. The van der Waals surface area contributed by atoms with E-state index in [1.54, 1.807) is 0 Å². The molecule has 0 amide bonds. The molecule has 0 aromatic heterocycles. The summed E-state index contributed by atoms with van der Waals surface area (Å²) >= 11 is 5.51. The average molecular weight is 257 g/mol. The van der Waals surface area contributed by atoms with Crippen LogP contribution in [0.2, 0.25) is 0 Å². The van der Waals surface area contributed by atoms with Gasteiger partial charge < -0.3 is 0 Å². The van der Waals surface area contributed by atoms with Crippen molar-refractivity contribution in [3.63, 3.8) is 0 Å². The molecular formula is H19B19S. The first kappa shape index (κ1) is 21.5. The fourth-order valence-corrected chi connectivity index (χ4v) is 4.87. The van der Waals surface area contributed by atoms with E-state index in [2.05, 4.69) is 75.7 Å². The van der Waals surface area contributed by atoms with Crippen molar-refractivity contribution in [1.29, 1.82) is 0 Å². The summed E-state index contributed by atoms with van der Waals surface area (Å²) in [6.45, 7) is 0. The second-order valence-corrected chi connectivity index (χ2v) is 8.19. The molecule has 0 spiro atoms. The van der Waals surface area contributed by atoms with Gasteiger partial charge in [-0.25, -0.2) is 0 Å². The molecule has 0 aliphatic carbocycles. The summed E-state index contributed by atoms with van der Waals surface area (Å²) in [5.41, 5.74) is 0. The Balaban J connectivity index is 5.54. The zero-order valence-electron chi connectivity index (χ0n) is 15.3. The van der Waals surface area contributed by atoms with E-state index in [-0.39, 0.29) is 0 Å². The van der Waals surface area contributed by atoms with Crippen LogP contribution in [0.1, 0.15) is 0 Å². The third kappa shape index (κ3) is 5.92. The van der Waals surface area contributed by atoms with Crippen molar-refractivity contribution in [2.24, 2.45) is 0 Å². The Bertz CT molecular complexity index is 257. The van der Waals surface area contributed by atoms with Gasteiger partial charge in [-0.05, 0) is 0 Å². The first-order valence-electron chi connectivity index (χ1n) is 8.64. The molecule has 0 unspecified atom stereocenters. The van der Waals surface area contributed by atoms with Gasteiger partial charge in [0.25, 0.3) is 0 Å². The summed E-state index contributed by atoms with van der Waals surface area (Å²) in [6, 6.07) is 2.11. The SMILES string of the molecule is BBB(B(B)B)B(B(B)B)B(B=S)B(B(B)B)B(B)B. The Morgan fingerprint density at radius 1 is 0.700 bits per heavy atom. The van der Waals surface area contributed by atoms with Gasteiger partial charge in [-0.15, -0.1) is 0 Å². The summed E-state index contributed by atoms with van der Waals surface area (Å²) in [6.07, 6.45) is 5.60. The van der Waals surface area contributed by atoms with E-state index in [1.807, 2.05) is 0 Å². The second kappa shape index (κ2) is 10.3. The monoisotopic (exact) mass is 260 g/mol. The van der Waals surface area contributed by atoms with E-state index in [1.165, 1.54) is 7.06 Å². The standard InChI is InChI=1S/B19H19S/c1-10-16(12(2)3)19(15(8)9)17(11-20)18(13(4)5)14(6)7/h10H,1-9H2. The molecule has 0 aromatic rings. The quantitative estimate of drug-likeness (QED) is 0.369. The Morgan fingerprint density at radius 3 is 1.30 bits per heavy atom. The maximum absolute atomic E-state index is 5.51. The van der Waals surface area contributed by atoms with E-state index in [0.29, 0.717) is 38.3 Å². The Morgan fingerprint density at radius 2 is 1.10 bits per heavy atom. The molecule has 0 heterocycles. The van der Waals surface area contributed by atoms with E-state index >= 15 is 0 Å². The van der Waals surface area contributed by atoms with Crippen molar-refractivity contribution in [3.05, 3.63) is 0 Å². The zero-order chi connectivity index (χ0) is 16.0. The maximum atomic E-state index is 5.51. The van der Waals surface area contributed by atoms with Crippen LogP contribution in [0.5, 0.6) is 0 Å². The fraction of sp³-hybridized carbons (Fsp3) is 0. The molecule has 0 radical (unpaired) electrons. The van der Waals surface area contributed by atoms with Crippen LogP contribution >= 0.6 is 12.1 Å². The van der Waals surface area contributed by atoms with Gasteiger partial charge in [0.15, 0.2) is 0 Å². The summed E-state index contributed by atoms with van der Waals surface area (Å²) in [5, 5.41) is 0. The molecule has 0 aliphatic rings. The van der Waals surface area contributed by atoms with Crippen LogP contribution in [0.15, 0.2) is 0 Å². The molecule has 0 rings (SSSR count). The minimum absolute atomic E-state index is 0.567. The first-order valence-corrected chi connectivity index (χ1v) is 9.11. The Labute approximate surface area is 145 Å². The van der Waals surface area contributed by atoms with Crippen molar-refractivity contribution >= 4 is 146 Å². The van der Waals surface area contributed by atoms with Gasteiger partial charge in [0.05, 0.1) is 0 Å². The predicted molar refractivity (Wildman–Crippen MR) is 143 cm³/mol. The molecule has 0 atom stereocenters. The van der Waals surface area contributed by atoms with Crippen LogP contribution in [0.4, 0.5) is 0 Å². The van der Waals surface area contributed by atoms with E-state index in [4.69, 9.17) is 12.1 Å². The number of rotatable bonds is 9. The molecule has 0 bridgehead atoms. The first-order chi connectivity index (χ1) is 9.18. The molecule has 0 saturated carbocycles. The molecule has 0 N–H and O–H groups in total. The number of hydrogen-bond donors (Lipinski definition) is 0. The van der Waals surface area contributed by atoms with Gasteiger partial charge in [-0.3, -0.25) is 0 Å². The van der Waals surface area contributed by atoms with Gasteiger partial charge in [-0.2, -0.15) is 0 Å². The molecule has 0 fully saturated rings. The van der Waals surface area contributed by atoms with E-state index in [9.17, 15) is 0 Å². The zero-order valence-corrected chi connectivity index (χ0v) is 16.1. The van der Waals surface area contributed by atoms with Crippen LogP contribution in [-0.2, 0) is 0 Å². The summed E-state index contributed by atoms with van der Waals surface area (Å²) in [4.78, 5) is 0. The molecule has 0 nitrogen and oxygen atoms in total. The topological polar surface area (TPSA) is 0 Å². The Hall–Kier alpha value is 1.45. The van der Waals surface area contributed by atoms with Crippen molar-refractivity contribution in [2.45, 2.75) is 0 Å². The van der Waals surface area contributed by atoms with Gasteiger partial charge in [-0.1, -0.05) is 0 Å². The second-order valence-electron chi connectivity index (χ2n) is 7.92. The molecular weight excluding hydrogens is 237 g/mol. The van der Waals surface area contributed by atoms with Gasteiger partial charge in [0.1, 0.15) is 0 Å². The van der Waals surface area contributed by atoms with Crippen LogP contribution in [-0.4, -0.2) is 134 Å². The molecule has 0 aromatic carbocycles.